The minimum Gasteiger partial charge on any atom is -0.339 e. The Morgan fingerprint density at radius 2 is 1.48 bits per heavy atom. The van der Waals surface area contributed by atoms with Crippen LogP contribution in [-0.2, 0) is 25.8 Å². The van der Waals surface area contributed by atoms with Crippen LogP contribution in [0.3, 0.4) is 0 Å². The Morgan fingerprint density at radius 3 is 1.96 bits per heavy atom. The number of hydrogen-bond donors (Lipinski definition) is 0. The average molecular weight is 366 g/mol. The van der Waals surface area contributed by atoms with Crippen LogP contribution in [0.25, 0.3) is 0 Å². The van der Waals surface area contributed by atoms with Gasteiger partial charge in [-0.1, -0.05) is 25.5 Å². The van der Waals surface area contributed by atoms with Crippen LogP contribution < -0.4 is 0 Å². The molecule has 0 bridgehead atoms. The van der Waals surface area contributed by atoms with Crippen LogP contribution in [0.1, 0.15) is 31.7 Å². The quantitative estimate of drug-likeness (QED) is 0.765. The third-order valence-electron chi connectivity index (χ3n) is 4.44. The van der Waals surface area contributed by atoms with Gasteiger partial charge in [0.1, 0.15) is 0 Å². The lowest BCUT2D eigenvalue weighted by molar-refractivity contribution is -0.139. The van der Waals surface area contributed by atoms with Crippen molar-refractivity contribution in [1.82, 2.24) is 9.80 Å². The zero-order valence-electron chi connectivity index (χ0n) is 14.9. The molecule has 0 N–H and O–H groups in total. The number of sulfone groups is 1. The Labute approximate surface area is 149 Å². The van der Waals surface area contributed by atoms with Gasteiger partial charge in [-0.2, -0.15) is 0 Å². The maximum Gasteiger partial charge on any atom is 0.227 e. The molecular formula is C18H26N2O4S. The molecule has 6 nitrogen and oxygen atoms in total. The van der Waals surface area contributed by atoms with Crippen molar-refractivity contribution in [2.45, 2.75) is 37.5 Å². The Bertz CT molecular complexity index is 705. The predicted molar refractivity (Wildman–Crippen MR) is 95.9 cm³/mol. The molecule has 138 valence electrons. The zero-order valence-corrected chi connectivity index (χ0v) is 15.7. The summed E-state index contributed by atoms with van der Waals surface area (Å²) in [7, 11) is -3.22. The van der Waals surface area contributed by atoms with Gasteiger partial charge in [-0.05, 0) is 24.1 Å². The van der Waals surface area contributed by atoms with Crippen LogP contribution in [0.2, 0.25) is 0 Å². The van der Waals surface area contributed by atoms with Gasteiger partial charge < -0.3 is 9.80 Å². The van der Waals surface area contributed by atoms with Crippen molar-refractivity contribution >= 4 is 21.7 Å². The van der Waals surface area contributed by atoms with E-state index in [0.29, 0.717) is 32.6 Å². The van der Waals surface area contributed by atoms with Gasteiger partial charge in [-0.25, -0.2) is 8.42 Å². The van der Waals surface area contributed by atoms with Crippen molar-refractivity contribution in [3.8, 4) is 0 Å². The summed E-state index contributed by atoms with van der Waals surface area (Å²) < 4.78 is 22.9. The first-order valence-corrected chi connectivity index (χ1v) is 10.5. The first kappa shape index (κ1) is 19.4. The second-order valence-electron chi connectivity index (χ2n) is 6.46. The molecule has 1 aliphatic heterocycles. The average Bonchev–Trinajstić information content (AvgIpc) is 2.59. The molecule has 0 aliphatic carbocycles. The fourth-order valence-corrected chi connectivity index (χ4v) is 3.46. The number of amides is 2. The molecule has 2 rings (SSSR count). The molecule has 1 aromatic rings. The molecule has 0 radical (unpaired) electrons. The molecule has 2 amide bonds. The van der Waals surface area contributed by atoms with E-state index in [0.717, 1.165) is 24.7 Å². The van der Waals surface area contributed by atoms with Crippen LogP contribution in [0, 0.1) is 0 Å². The molecule has 0 spiro atoms. The number of carbonyl (C=O) groups excluding carboxylic acids is 2. The molecule has 25 heavy (non-hydrogen) atoms. The van der Waals surface area contributed by atoms with Gasteiger partial charge in [0, 0.05) is 38.9 Å². The molecular weight excluding hydrogens is 340 g/mol. The van der Waals surface area contributed by atoms with E-state index in [-0.39, 0.29) is 23.1 Å². The lowest BCUT2D eigenvalue weighted by Crippen LogP contribution is -2.50. The molecule has 7 heteroatoms. The number of nitrogens with zero attached hydrogens (tertiary/aromatic N) is 2. The zero-order chi connectivity index (χ0) is 18.4. The summed E-state index contributed by atoms with van der Waals surface area (Å²) in [6, 6.07) is 6.42. The fraction of sp³-hybridized carbons (Fsp3) is 0.556. The van der Waals surface area contributed by atoms with Crippen molar-refractivity contribution in [3.63, 3.8) is 0 Å². The van der Waals surface area contributed by atoms with E-state index in [4.69, 9.17) is 0 Å². The molecule has 0 unspecified atom stereocenters. The van der Waals surface area contributed by atoms with Gasteiger partial charge in [0.25, 0.3) is 0 Å². The fourth-order valence-electron chi connectivity index (χ4n) is 2.83. The number of piperazine rings is 1. The highest BCUT2D eigenvalue weighted by Crippen LogP contribution is 2.13. The second kappa shape index (κ2) is 8.47. The van der Waals surface area contributed by atoms with E-state index < -0.39 is 9.84 Å². The maximum atomic E-state index is 12.4. The van der Waals surface area contributed by atoms with Crippen LogP contribution >= 0.6 is 0 Å². The van der Waals surface area contributed by atoms with E-state index in [9.17, 15) is 18.0 Å². The number of benzene rings is 1. The standard InChI is InChI=1S/C18H26N2O4S/c1-3-4-5-17(21)19-10-12-20(13-11-19)18(22)14-15-6-8-16(9-7-15)25(2,23)24/h6-9H,3-5,10-14H2,1-2H3. The van der Waals surface area contributed by atoms with Crippen molar-refractivity contribution in [2.24, 2.45) is 0 Å². The number of unbranched alkanes of at least 4 members (excludes halogenated alkanes) is 1. The number of rotatable bonds is 6. The van der Waals surface area contributed by atoms with Crippen molar-refractivity contribution in [1.29, 1.82) is 0 Å². The molecule has 1 saturated heterocycles. The summed E-state index contributed by atoms with van der Waals surface area (Å²) in [6.45, 7) is 4.34. The van der Waals surface area contributed by atoms with E-state index in [1.54, 1.807) is 17.0 Å². The van der Waals surface area contributed by atoms with Crippen LogP contribution in [0.5, 0.6) is 0 Å². The van der Waals surface area contributed by atoms with E-state index in [1.807, 2.05) is 4.90 Å². The van der Waals surface area contributed by atoms with E-state index >= 15 is 0 Å². The van der Waals surface area contributed by atoms with Crippen LogP contribution in [-0.4, -0.2) is 62.5 Å². The van der Waals surface area contributed by atoms with E-state index in [1.165, 1.54) is 12.1 Å². The Balaban J connectivity index is 1.85. The third-order valence-corrected chi connectivity index (χ3v) is 5.56. The molecule has 0 aromatic heterocycles. The minimum absolute atomic E-state index is 0.00719. The Kier molecular flexibility index (Phi) is 6.58. The Morgan fingerprint density at radius 1 is 0.960 bits per heavy atom. The van der Waals surface area contributed by atoms with Gasteiger partial charge in [0.15, 0.2) is 9.84 Å². The first-order valence-electron chi connectivity index (χ1n) is 8.66. The van der Waals surface area contributed by atoms with Gasteiger partial charge in [0.05, 0.1) is 11.3 Å². The summed E-state index contributed by atoms with van der Waals surface area (Å²) in [5, 5.41) is 0. The summed E-state index contributed by atoms with van der Waals surface area (Å²) in [6.07, 6.45) is 3.89. The predicted octanol–water partition coefficient (Wildman–Crippen LogP) is 1.49. The van der Waals surface area contributed by atoms with Gasteiger partial charge in [0.2, 0.25) is 11.8 Å². The molecule has 1 aliphatic rings. The minimum atomic E-state index is -3.22. The van der Waals surface area contributed by atoms with Gasteiger partial charge in [-0.3, -0.25) is 9.59 Å². The SMILES string of the molecule is CCCCC(=O)N1CCN(C(=O)Cc2ccc(S(C)(=O)=O)cc2)CC1. The largest absolute Gasteiger partial charge is 0.339 e. The van der Waals surface area contributed by atoms with Crippen LogP contribution in [0.15, 0.2) is 29.2 Å². The monoisotopic (exact) mass is 366 g/mol. The highest BCUT2D eigenvalue weighted by molar-refractivity contribution is 7.90. The molecule has 0 atom stereocenters. The second-order valence-corrected chi connectivity index (χ2v) is 8.47. The normalized spacial score (nSPS) is 15.3. The molecule has 1 fully saturated rings. The maximum absolute atomic E-state index is 12.4. The third kappa shape index (κ3) is 5.56. The molecule has 1 heterocycles. The highest BCUT2D eigenvalue weighted by atomic mass is 32.2. The Hall–Kier alpha value is -1.89. The smallest absolute Gasteiger partial charge is 0.227 e. The number of hydrogen-bond acceptors (Lipinski definition) is 4. The lowest BCUT2D eigenvalue weighted by atomic mass is 10.1. The summed E-state index contributed by atoms with van der Waals surface area (Å²) in [4.78, 5) is 28.3. The lowest BCUT2D eigenvalue weighted by Gasteiger charge is -2.35. The van der Waals surface area contributed by atoms with Crippen molar-refractivity contribution in [3.05, 3.63) is 29.8 Å². The van der Waals surface area contributed by atoms with E-state index in [2.05, 4.69) is 6.92 Å². The van der Waals surface area contributed by atoms with Crippen LogP contribution in [0.4, 0.5) is 0 Å². The highest BCUT2D eigenvalue weighted by Gasteiger charge is 2.23. The molecule has 0 saturated carbocycles. The summed E-state index contributed by atoms with van der Waals surface area (Å²) in [5.41, 5.74) is 0.791. The molecule has 1 aromatic carbocycles. The van der Waals surface area contributed by atoms with Crippen molar-refractivity contribution < 1.29 is 18.0 Å². The first-order chi connectivity index (χ1) is 11.8. The summed E-state index contributed by atoms with van der Waals surface area (Å²) >= 11 is 0. The van der Waals surface area contributed by atoms with Crippen molar-refractivity contribution in [2.75, 3.05) is 32.4 Å². The van der Waals surface area contributed by atoms with Gasteiger partial charge in [-0.15, -0.1) is 0 Å². The topological polar surface area (TPSA) is 74.8 Å². The number of carbonyl (C=O) groups is 2. The van der Waals surface area contributed by atoms with Gasteiger partial charge >= 0.3 is 0 Å². The summed E-state index contributed by atoms with van der Waals surface area (Å²) in [5.74, 6) is 0.179.